The number of benzene rings is 1. The number of anilines is 1. The van der Waals surface area contributed by atoms with Gasteiger partial charge in [-0.15, -0.1) is 11.8 Å². The fourth-order valence-corrected chi connectivity index (χ4v) is 3.40. The second-order valence-corrected chi connectivity index (χ2v) is 8.69. The van der Waals surface area contributed by atoms with Crippen LogP contribution in [0.5, 0.6) is 0 Å². The lowest BCUT2D eigenvalue weighted by Gasteiger charge is -2.25. The summed E-state index contributed by atoms with van der Waals surface area (Å²) in [4.78, 5) is 24.8. The maximum absolute atomic E-state index is 12.7. The molecule has 0 saturated carbocycles. The molecule has 0 spiro atoms. The lowest BCUT2D eigenvalue weighted by atomic mass is 10.1. The Bertz CT molecular complexity index is 758. The Morgan fingerprint density at radius 2 is 1.69 bits per heavy atom. The van der Waals surface area contributed by atoms with E-state index < -0.39 is 11.7 Å². The van der Waals surface area contributed by atoms with Gasteiger partial charge in [-0.2, -0.15) is 0 Å². The van der Waals surface area contributed by atoms with Crippen molar-refractivity contribution in [3.63, 3.8) is 0 Å². The van der Waals surface area contributed by atoms with E-state index in [9.17, 15) is 9.59 Å². The van der Waals surface area contributed by atoms with Crippen LogP contribution < -0.4 is 10.6 Å². The minimum absolute atomic E-state index is 0.0578. The second kappa shape index (κ2) is 7.99. The summed E-state index contributed by atoms with van der Waals surface area (Å²) in [6.07, 6.45) is 1.39. The lowest BCUT2D eigenvalue weighted by Crippen LogP contribution is -2.33. The first-order chi connectivity index (χ1) is 12.0. The molecule has 1 atom stereocenters. The van der Waals surface area contributed by atoms with Crippen molar-refractivity contribution < 1.29 is 14.3 Å². The molecule has 6 heteroatoms. The van der Waals surface area contributed by atoms with E-state index in [-0.39, 0.29) is 11.2 Å². The molecule has 1 heterocycles. The number of carbonyl (C=O) groups is 2. The zero-order chi connectivity index (χ0) is 19.5. The number of amides is 2. The predicted molar refractivity (Wildman–Crippen MR) is 107 cm³/mol. The van der Waals surface area contributed by atoms with Gasteiger partial charge >= 0.3 is 6.09 Å². The summed E-state index contributed by atoms with van der Waals surface area (Å²) in [5.41, 5.74) is 2.57. The average molecular weight is 375 g/mol. The number of rotatable bonds is 3. The first-order valence-electron chi connectivity index (χ1n) is 8.53. The highest BCUT2D eigenvalue weighted by Gasteiger charge is 2.25. The van der Waals surface area contributed by atoms with E-state index in [0.29, 0.717) is 10.6 Å². The number of hydrogen-bond donors (Lipinski definition) is 2. The summed E-state index contributed by atoms with van der Waals surface area (Å²) in [5, 5.41) is 6.38. The molecule has 5 nitrogen and oxygen atoms in total. The van der Waals surface area contributed by atoms with Crippen molar-refractivity contribution in [2.75, 3.05) is 5.32 Å². The molecule has 0 aromatic heterocycles. The Balaban J connectivity index is 2.16. The van der Waals surface area contributed by atoms with Crippen LogP contribution >= 0.6 is 11.8 Å². The van der Waals surface area contributed by atoms with Gasteiger partial charge in [-0.05, 0) is 59.2 Å². The van der Waals surface area contributed by atoms with Gasteiger partial charge in [0.05, 0.1) is 5.03 Å². The van der Waals surface area contributed by atoms with Crippen LogP contribution in [0.4, 0.5) is 10.5 Å². The van der Waals surface area contributed by atoms with Gasteiger partial charge in [-0.3, -0.25) is 10.1 Å². The maximum atomic E-state index is 12.7. The van der Waals surface area contributed by atoms with Crippen molar-refractivity contribution in [2.45, 2.75) is 52.4 Å². The molecule has 2 N–H and O–H groups in total. The maximum Gasteiger partial charge on any atom is 0.412 e. The fraction of sp³-hybridized carbons (Fsp3) is 0.400. The highest BCUT2D eigenvalue weighted by molar-refractivity contribution is 8.03. The number of alkyl carbamates (subject to hydrolysis) is 1. The Labute approximate surface area is 159 Å². The van der Waals surface area contributed by atoms with Gasteiger partial charge in [0.2, 0.25) is 0 Å². The van der Waals surface area contributed by atoms with Gasteiger partial charge in [-0.1, -0.05) is 23.8 Å². The Morgan fingerprint density at radius 1 is 1.08 bits per heavy atom. The topological polar surface area (TPSA) is 67.4 Å². The van der Waals surface area contributed by atoms with Crippen molar-refractivity contribution in [1.82, 2.24) is 5.32 Å². The molecule has 26 heavy (non-hydrogen) atoms. The van der Waals surface area contributed by atoms with Crippen LogP contribution in [0.2, 0.25) is 0 Å². The first-order valence-corrected chi connectivity index (χ1v) is 9.41. The molecule has 1 aromatic rings. The van der Waals surface area contributed by atoms with Crippen LogP contribution in [0, 0.1) is 6.92 Å². The summed E-state index contributed by atoms with van der Waals surface area (Å²) in [6, 6.07) is 7.63. The molecule has 0 bridgehead atoms. The number of carbonyl (C=O) groups excluding carboxylic acids is 2. The van der Waals surface area contributed by atoms with E-state index in [1.165, 1.54) is 11.8 Å². The highest BCUT2D eigenvalue weighted by Crippen LogP contribution is 2.33. The Morgan fingerprint density at radius 3 is 2.27 bits per heavy atom. The van der Waals surface area contributed by atoms with Crippen LogP contribution in [0.25, 0.3) is 0 Å². The molecule has 1 aliphatic heterocycles. The third-order valence-corrected chi connectivity index (χ3v) is 4.77. The predicted octanol–water partition coefficient (Wildman–Crippen LogP) is 4.75. The summed E-state index contributed by atoms with van der Waals surface area (Å²) in [7, 11) is 0. The van der Waals surface area contributed by atoms with Crippen molar-refractivity contribution in [1.29, 1.82) is 0 Å². The second-order valence-electron chi connectivity index (χ2n) is 7.30. The molecule has 1 aliphatic rings. The third-order valence-electron chi connectivity index (χ3n) is 3.62. The van der Waals surface area contributed by atoms with Gasteiger partial charge in [0.25, 0.3) is 5.91 Å². The zero-order valence-corrected chi connectivity index (χ0v) is 16.9. The molecule has 0 aliphatic carbocycles. The molecular weight excluding hydrogens is 348 g/mol. The van der Waals surface area contributed by atoms with Gasteiger partial charge < -0.3 is 10.1 Å². The number of ether oxygens (including phenoxy) is 1. The first kappa shape index (κ1) is 20.1. The number of aryl methyl sites for hydroxylation is 1. The molecular formula is C20H26N2O3S. The normalized spacial score (nSPS) is 17.5. The number of nitrogens with one attached hydrogen (secondary N) is 2. The highest BCUT2D eigenvalue weighted by atomic mass is 32.2. The summed E-state index contributed by atoms with van der Waals surface area (Å²) < 4.78 is 5.31. The standard InChI is InChI=1S/C20H26N2O3S/c1-12-7-9-15(10-8-12)21-17(23)16-11-13(2)26-18(14(16)3)22-19(24)25-20(4,5)6/h7-11,13H,1-6H3,(H,21,23)(H,22,24). The summed E-state index contributed by atoms with van der Waals surface area (Å²) in [6.45, 7) is 11.2. The van der Waals surface area contributed by atoms with Gasteiger partial charge in [0, 0.05) is 16.5 Å². The van der Waals surface area contributed by atoms with Crippen molar-refractivity contribution >= 4 is 29.4 Å². The number of hydrogen-bond acceptors (Lipinski definition) is 4. The SMILES string of the molecule is CC1=C(NC(=O)OC(C)(C)C)SC(C)C=C1C(=O)Nc1ccc(C)cc1. The van der Waals surface area contributed by atoms with Crippen molar-refractivity contribution in [3.05, 3.63) is 52.1 Å². The van der Waals surface area contributed by atoms with E-state index in [4.69, 9.17) is 4.74 Å². The van der Waals surface area contributed by atoms with E-state index in [2.05, 4.69) is 10.6 Å². The average Bonchev–Trinajstić information content (AvgIpc) is 2.50. The van der Waals surface area contributed by atoms with Crippen molar-refractivity contribution in [3.8, 4) is 0 Å². The van der Waals surface area contributed by atoms with Crippen LogP contribution in [0.15, 0.2) is 46.5 Å². The zero-order valence-electron chi connectivity index (χ0n) is 16.1. The van der Waals surface area contributed by atoms with Gasteiger partial charge in [0.1, 0.15) is 5.60 Å². The van der Waals surface area contributed by atoms with E-state index in [0.717, 1.165) is 16.8 Å². The van der Waals surface area contributed by atoms with Crippen LogP contribution in [0.1, 0.15) is 40.2 Å². The summed E-state index contributed by atoms with van der Waals surface area (Å²) in [5.74, 6) is -0.193. The largest absolute Gasteiger partial charge is 0.444 e. The molecule has 1 unspecified atom stereocenters. The lowest BCUT2D eigenvalue weighted by molar-refractivity contribution is -0.112. The van der Waals surface area contributed by atoms with Gasteiger partial charge in [-0.25, -0.2) is 4.79 Å². The molecule has 140 valence electrons. The van der Waals surface area contributed by atoms with Gasteiger partial charge in [0.15, 0.2) is 0 Å². The monoisotopic (exact) mass is 374 g/mol. The van der Waals surface area contributed by atoms with Crippen LogP contribution in [-0.4, -0.2) is 22.9 Å². The quantitative estimate of drug-likeness (QED) is 0.801. The third kappa shape index (κ3) is 5.66. The molecule has 2 rings (SSSR count). The van der Waals surface area contributed by atoms with Crippen LogP contribution in [0.3, 0.4) is 0 Å². The number of thioether (sulfide) groups is 1. The molecule has 1 aromatic carbocycles. The molecule has 0 saturated heterocycles. The van der Waals surface area contributed by atoms with E-state index >= 15 is 0 Å². The van der Waals surface area contributed by atoms with E-state index in [1.54, 1.807) is 0 Å². The minimum atomic E-state index is -0.578. The Kier molecular flexibility index (Phi) is 6.18. The van der Waals surface area contributed by atoms with Crippen LogP contribution in [-0.2, 0) is 9.53 Å². The molecule has 0 fully saturated rings. The molecule has 0 radical (unpaired) electrons. The summed E-state index contributed by atoms with van der Waals surface area (Å²) >= 11 is 1.49. The van der Waals surface area contributed by atoms with Crippen molar-refractivity contribution in [2.24, 2.45) is 0 Å². The fourth-order valence-electron chi connectivity index (χ4n) is 2.39. The smallest absolute Gasteiger partial charge is 0.412 e. The minimum Gasteiger partial charge on any atom is -0.444 e. The Hall–Kier alpha value is -2.21. The van der Waals surface area contributed by atoms with E-state index in [1.807, 2.05) is 71.9 Å². The molecule has 2 amide bonds.